The second kappa shape index (κ2) is 9.22. The van der Waals surface area contributed by atoms with E-state index >= 15 is 0 Å². The van der Waals surface area contributed by atoms with Gasteiger partial charge in [-0.1, -0.05) is 60.7 Å². The average Bonchev–Trinajstić information content (AvgIpc) is 2.76. The number of rotatable bonds is 5. The van der Waals surface area contributed by atoms with Gasteiger partial charge < -0.3 is 10.5 Å². The number of nitrogens with two attached hydrogens (primary N) is 1. The van der Waals surface area contributed by atoms with E-state index in [-0.39, 0.29) is 35.3 Å². The minimum atomic E-state index is -0.594. The van der Waals surface area contributed by atoms with Crippen LogP contribution in [0.3, 0.4) is 0 Å². The Morgan fingerprint density at radius 1 is 1.14 bits per heavy atom. The zero-order valence-corrected chi connectivity index (χ0v) is 17.8. The number of fused-ring (bicyclic) bond motifs is 1. The van der Waals surface area contributed by atoms with Gasteiger partial charge in [-0.2, -0.15) is 0 Å². The van der Waals surface area contributed by atoms with Crippen molar-refractivity contribution in [1.82, 2.24) is 4.90 Å². The molecule has 2 aliphatic heterocycles. The first kappa shape index (κ1) is 21.7. The molecule has 5 nitrogen and oxygen atoms in total. The molecule has 0 saturated carbocycles. The maximum absolute atomic E-state index is 13.2. The third-order valence-corrected chi connectivity index (χ3v) is 6.56. The number of benzene rings is 2. The predicted molar refractivity (Wildman–Crippen MR) is 117 cm³/mol. The van der Waals surface area contributed by atoms with Crippen LogP contribution in [0, 0.1) is 0 Å². The molecule has 2 heterocycles. The number of amides is 1. The largest absolute Gasteiger partial charge is 0.448 e. The van der Waals surface area contributed by atoms with E-state index in [1.807, 2.05) is 60.7 Å². The van der Waals surface area contributed by atoms with E-state index in [4.69, 9.17) is 22.1 Å². The summed E-state index contributed by atoms with van der Waals surface area (Å²) in [6.45, 7) is 0. The Bertz CT molecular complexity index is 885. The summed E-state index contributed by atoms with van der Waals surface area (Å²) in [6.07, 6.45) is -0.586. The van der Waals surface area contributed by atoms with Crippen LogP contribution in [-0.2, 0) is 14.3 Å². The molecule has 4 rings (SSSR count). The summed E-state index contributed by atoms with van der Waals surface area (Å²) in [6, 6.07) is 18.4. The van der Waals surface area contributed by atoms with Crippen molar-refractivity contribution < 1.29 is 14.3 Å². The Hall–Kier alpha value is -1.99. The van der Waals surface area contributed by atoms with E-state index in [2.05, 4.69) is 0 Å². The summed E-state index contributed by atoms with van der Waals surface area (Å²) < 4.78 is 5.93. The van der Waals surface area contributed by atoms with Crippen LogP contribution in [-0.4, -0.2) is 39.8 Å². The number of nitrogens with zero attached hydrogens (tertiary/aromatic N) is 1. The van der Waals surface area contributed by atoms with Gasteiger partial charge >= 0.3 is 5.97 Å². The van der Waals surface area contributed by atoms with Crippen LogP contribution in [0.25, 0.3) is 0 Å². The zero-order chi connectivity index (χ0) is 19.7. The maximum Gasteiger partial charge on any atom is 0.356 e. The number of esters is 1. The van der Waals surface area contributed by atoms with Gasteiger partial charge in [-0.15, -0.1) is 35.8 Å². The van der Waals surface area contributed by atoms with Crippen molar-refractivity contribution >= 4 is 47.6 Å². The highest BCUT2D eigenvalue weighted by Crippen LogP contribution is 2.41. The summed E-state index contributed by atoms with van der Waals surface area (Å²) >= 11 is 7.58. The van der Waals surface area contributed by atoms with Gasteiger partial charge in [0.15, 0.2) is 6.10 Å². The monoisotopic (exact) mass is 450 g/mol. The second-order valence-corrected chi connectivity index (χ2v) is 8.00. The van der Waals surface area contributed by atoms with Gasteiger partial charge in [0, 0.05) is 11.6 Å². The lowest BCUT2D eigenvalue weighted by Crippen LogP contribution is -2.68. The molecular formula is C21H20Cl2N2O3S. The minimum Gasteiger partial charge on any atom is -0.448 e. The fraction of sp³-hybridized carbons (Fsp3) is 0.238. The fourth-order valence-electron chi connectivity index (χ4n) is 3.42. The molecule has 2 atom stereocenters. The highest BCUT2D eigenvalue weighted by Gasteiger charge is 2.52. The van der Waals surface area contributed by atoms with Crippen LogP contribution >= 0.6 is 35.8 Å². The van der Waals surface area contributed by atoms with Crippen molar-refractivity contribution in [2.75, 3.05) is 11.6 Å². The Kier molecular flexibility index (Phi) is 6.90. The molecule has 1 amide bonds. The van der Waals surface area contributed by atoms with E-state index in [9.17, 15) is 9.59 Å². The molecule has 0 radical (unpaired) electrons. The van der Waals surface area contributed by atoms with Gasteiger partial charge in [0.2, 0.25) is 5.91 Å². The van der Waals surface area contributed by atoms with Crippen LogP contribution in [0.5, 0.6) is 0 Å². The Labute approximate surface area is 184 Å². The lowest BCUT2D eigenvalue weighted by atomic mass is 10.0. The first-order valence-corrected chi connectivity index (χ1v) is 10.5. The maximum atomic E-state index is 13.2. The molecule has 1 saturated heterocycles. The Morgan fingerprint density at radius 3 is 2.21 bits per heavy atom. The molecule has 2 aromatic rings. The van der Waals surface area contributed by atoms with E-state index in [1.54, 1.807) is 0 Å². The summed E-state index contributed by atoms with van der Waals surface area (Å²) in [5.41, 5.74) is 8.52. The van der Waals surface area contributed by atoms with Crippen molar-refractivity contribution in [1.29, 1.82) is 0 Å². The van der Waals surface area contributed by atoms with E-state index in [0.29, 0.717) is 11.3 Å². The first-order chi connectivity index (χ1) is 13.6. The number of thioether (sulfide) groups is 1. The van der Waals surface area contributed by atoms with Gasteiger partial charge in [0.1, 0.15) is 17.1 Å². The number of carbonyl (C=O) groups excluding carboxylic acids is 2. The molecule has 29 heavy (non-hydrogen) atoms. The minimum absolute atomic E-state index is 0. The second-order valence-electron chi connectivity index (χ2n) is 6.63. The number of hydrogen-bond acceptors (Lipinski definition) is 5. The van der Waals surface area contributed by atoms with Crippen molar-refractivity contribution in [2.45, 2.75) is 17.5 Å². The average molecular weight is 451 g/mol. The van der Waals surface area contributed by atoms with E-state index in [0.717, 1.165) is 11.1 Å². The fourth-order valence-corrected chi connectivity index (χ4v) is 5.04. The highest BCUT2D eigenvalue weighted by molar-refractivity contribution is 8.00. The summed E-state index contributed by atoms with van der Waals surface area (Å²) in [5, 5.41) is -0.242. The van der Waals surface area contributed by atoms with Crippen LogP contribution < -0.4 is 5.73 Å². The molecule has 2 aromatic carbocycles. The number of ether oxygens (including phenoxy) is 1. The lowest BCUT2D eigenvalue weighted by molar-refractivity contribution is -0.153. The zero-order valence-electron chi connectivity index (χ0n) is 15.4. The molecule has 2 aliphatic rings. The van der Waals surface area contributed by atoms with Gasteiger partial charge in [-0.25, -0.2) is 4.79 Å². The molecular weight excluding hydrogens is 431 g/mol. The summed E-state index contributed by atoms with van der Waals surface area (Å²) in [5.74, 6) is -0.122. The quantitative estimate of drug-likeness (QED) is 0.428. The molecule has 0 aliphatic carbocycles. The van der Waals surface area contributed by atoms with Crippen LogP contribution in [0.2, 0.25) is 0 Å². The van der Waals surface area contributed by atoms with Gasteiger partial charge in [0.05, 0.1) is 0 Å². The van der Waals surface area contributed by atoms with Crippen molar-refractivity contribution in [3.63, 3.8) is 0 Å². The first-order valence-electron chi connectivity index (χ1n) is 8.91. The number of hydrogen-bond donors (Lipinski definition) is 1. The normalized spacial score (nSPS) is 20.7. The Morgan fingerprint density at radius 2 is 1.69 bits per heavy atom. The molecule has 0 bridgehead atoms. The van der Waals surface area contributed by atoms with Crippen LogP contribution in [0.4, 0.5) is 0 Å². The van der Waals surface area contributed by atoms with Crippen molar-refractivity contribution in [3.05, 3.63) is 83.1 Å². The number of β-lactam (4-membered cyclic amide) rings is 1. The van der Waals surface area contributed by atoms with Crippen LogP contribution in [0.1, 0.15) is 17.2 Å². The number of alkyl halides is 1. The van der Waals surface area contributed by atoms with Gasteiger partial charge in [-0.3, -0.25) is 9.69 Å². The lowest BCUT2D eigenvalue weighted by Gasteiger charge is -2.48. The molecule has 0 unspecified atom stereocenters. The predicted octanol–water partition coefficient (Wildman–Crippen LogP) is 3.48. The molecule has 0 spiro atoms. The van der Waals surface area contributed by atoms with E-state index in [1.165, 1.54) is 16.7 Å². The number of carbonyl (C=O) groups is 2. The third kappa shape index (κ3) is 4.03. The SMILES string of the molecule is Cl.N[C@H]1C(=O)N2C(C(=O)OC(c3ccccc3)c3ccccc3)=C(CCl)CS[C@@H]12. The molecule has 2 N–H and O–H groups in total. The van der Waals surface area contributed by atoms with Gasteiger partial charge in [0.25, 0.3) is 0 Å². The molecule has 152 valence electrons. The molecule has 1 fully saturated rings. The third-order valence-electron chi connectivity index (χ3n) is 4.87. The van der Waals surface area contributed by atoms with Crippen molar-refractivity contribution in [3.8, 4) is 0 Å². The number of halogens is 2. The van der Waals surface area contributed by atoms with Gasteiger partial charge in [-0.05, 0) is 16.7 Å². The smallest absolute Gasteiger partial charge is 0.356 e. The molecule has 8 heteroatoms. The molecule has 0 aromatic heterocycles. The summed E-state index contributed by atoms with van der Waals surface area (Å²) in [7, 11) is 0. The highest BCUT2D eigenvalue weighted by atomic mass is 35.5. The summed E-state index contributed by atoms with van der Waals surface area (Å²) in [4.78, 5) is 26.9. The topological polar surface area (TPSA) is 72.6 Å². The van der Waals surface area contributed by atoms with Crippen LogP contribution in [0.15, 0.2) is 71.9 Å². The standard InChI is InChI=1S/C21H19ClN2O3S.ClH/c22-11-15-12-28-20-16(23)19(25)24(20)17(15)21(26)27-18(13-7-3-1-4-8-13)14-9-5-2-6-10-14;/h1-10,16,18,20H,11-12,23H2;1H/t16-,20-;/m0./s1. The van der Waals surface area contributed by atoms with E-state index < -0.39 is 18.1 Å². The van der Waals surface area contributed by atoms with Crippen molar-refractivity contribution in [2.24, 2.45) is 5.73 Å². The Balaban J connectivity index is 0.00000240.